The van der Waals surface area contributed by atoms with Gasteiger partial charge >= 0.3 is 0 Å². The molecule has 0 heterocycles. The maximum Gasteiger partial charge on any atom is 0.119 e. The van der Waals surface area contributed by atoms with E-state index in [4.69, 9.17) is 4.74 Å². The Bertz CT molecular complexity index is 379. The van der Waals surface area contributed by atoms with E-state index < -0.39 is 0 Å². The first kappa shape index (κ1) is 19.8. The fraction of sp³-hybridized carbons (Fsp3) is 0.636. The van der Waals surface area contributed by atoms with Crippen LogP contribution in [0.1, 0.15) is 83.1 Å². The van der Waals surface area contributed by atoms with Crippen molar-refractivity contribution in [2.45, 2.75) is 84.0 Å². The van der Waals surface area contributed by atoms with Gasteiger partial charge in [0, 0.05) is 0 Å². The van der Waals surface area contributed by atoms with Gasteiger partial charge in [-0.3, -0.25) is 0 Å². The van der Waals surface area contributed by atoms with Gasteiger partial charge in [0.15, 0.2) is 0 Å². The summed E-state index contributed by atoms with van der Waals surface area (Å²) < 4.78 is 5.64. The minimum atomic E-state index is 0.724. The quantitative estimate of drug-likeness (QED) is 0.247. The van der Waals surface area contributed by atoms with Gasteiger partial charge in [-0.2, -0.15) is 0 Å². The van der Waals surface area contributed by atoms with E-state index in [0.717, 1.165) is 18.8 Å². The summed E-state index contributed by atoms with van der Waals surface area (Å²) in [6, 6.07) is 8.59. The Kier molecular flexibility index (Phi) is 12.4. The number of aryl methyl sites for hydroxylation is 1. The van der Waals surface area contributed by atoms with E-state index in [1.54, 1.807) is 0 Å². The lowest BCUT2D eigenvalue weighted by Gasteiger charge is -2.06. The zero-order valence-corrected chi connectivity index (χ0v) is 15.2. The zero-order chi connectivity index (χ0) is 16.6. The molecule has 0 aliphatic heterocycles. The number of benzene rings is 1. The van der Waals surface area contributed by atoms with Crippen LogP contribution in [0.4, 0.5) is 0 Å². The summed E-state index contributed by atoms with van der Waals surface area (Å²) >= 11 is 0. The maximum absolute atomic E-state index is 5.64. The van der Waals surface area contributed by atoms with Crippen molar-refractivity contribution in [3.63, 3.8) is 0 Å². The molecule has 0 saturated carbocycles. The third-order valence-corrected chi connectivity index (χ3v) is 4.33. The third kappa shape index (κ3) is 11.0. The van der Waals surface area contributed by atoms with E-state index in [1.807, 2.05) is 6.08 Å². The van der Waals surface area contributed by atoms with Crippen LogP contribution < -0.4 is 4.74 Å². The summed E-state index contributed by atoms with van der Waals surface area (Å²) in [5.41, 5.74) is 1.43. The Morgan fingerprint density at radius 3 is 1.96 bits per heavy atom. The first-order chi connectivity index (χ1) is 11.4. The van der Waals surface area contributed by atoms with Crippen molar-refractivity contribution in [2.24, 2.45) is 0 Å². The summed E-state index contributed by atoms with van der Waals surface area (Å²) in [6.45, 7) is 6.71. The summed E-state index contributed by atoms with van der Waals surface area (Å²) in [5.74, 6) is 0.971. The van der Waals surface area contributed by atoms with Gasteiger partial charge in [-0.25, -0.2) is 0 Å². The molecule has 0 bridgehead atoms. The van der Waals surface area contributed by atoms with Gasteiger partial charge in [0.25, 0.3) is 0 Å². The van der Waals surface area contributed by atoms with E-state index in [0.29, 0.717) is 0 Å². The molecule has 0 saturated heterocycles. The van der Waals surface area contributed by atoms with Crippen LogP contribution in [-0.4, -0.2) is 6.61 Å². The molecule has 1 aromatic carbocycles. The molecule has 0 N–H and O–H groups in total. The van der Waals surface area contributed by atoms with E-state index in [1.165, 1.54) is 76.2 Å². The SMILES string of the molecule is C=CCCOc1ccc(CCCCCCCCCCCC)cc1. The molecule has 0 fully saturated rings. The van der Waals surface area contributed by atoms with Crippen LogP contribution in [0.2, 0.25) is 0 Å². The first-order valence-corrected chi connectivity index (χ1v) is 9.69. The van der Waals surface area contributed by atoms with E-state index in [-0.39, 0.29) is 0 Å². The highest BCUT2D eigenvalue weighted by Crippen LogP contribution is 2.16. The van der Waals surface area contributed by atoms with Gasteiger partial charge < -0.3 is 4.74 Å². The minimum Gasteiger partial charge on any atom is -0.493 e. The molecule has 1 aromatic rings. The highest BCUT2D eigenvalue weighted by Gasteiger charge is 1.97. The second-order valence-corrected chi connectivity index (χ2v) is 6.50. The molecule has 130 valence electrons. The fourth-order valence-corrected chi connectivity index (χ4v) is 2.83. The zero-order valence-electron chi connectivity index (χ0n) is 15.2. The lowest BCUT2D eigenvalue weighted by molar-refractivity contribution is 0.325. The molecule has 1 nitrogen and oxygen atoms in total. The van der Waals surface area contributed by atoms with Crippen molar-refractivity contribution in [1.82, 2.24) is 0 Å². The van der Waals surface area contributed by atoms with Crippen LogP contribution in [-0.2, 0) is 6.42 Å². The molecule has 0 aliphatic carbocycles. The van der Waals surface area contributed by atoms with Gasteiger partial charge in [-0.1, -0.05) is 82.9 Å². The summed E-state index contributed by atoms with van der Waals surface area (Å²) in [5, 5.41) is 0. The van der Waals surface area contributed by atoms with Crippen LogP contribution in [0.3, 0.4) is 0 Å². The van der Waals surface area contributed by atoms with Crippen molar-refractivity contribution < 1.29 is 4.74 Å². The van der Waals surface area contributed by atoms with E-state index in [2.05, 4.69) is 37.8 Å². The molecule has 1 rings (SSSR count). The Morgan fingerprint density at radius 1 is 0.826 bits per heavy atom. The fourth-order valence-electron chi connectivity index (χ4n) is 2.83. The van der Waals surface area contributed by atoms with Gasteiger partial charge in [-0.15, -0.1) is 6.58 Å². The smallest absolute Gasteiger partial charge is 0.119 e. The Hall–Kier alpha value is -1.24. The molecule has 0 atom stereocenters. The second-order valence-electron chi connectivity index (χ2n) is 6.50. The molecule has 0 radical (unpaired) electrons. The van der Waals surface area contributed by atoms with Crippen LogP contribution in [0.5, 0.6) is 5.75 Å². The number of ether oxygens (including phenoxy) is 1. The van der Waals surface area contributed by atoms with E-state index >= 15 is 0 Å². The van der Waals surface area contributed by atoms with Crippen LogP contribution in [0, 0.1) is 0 Å². The average Bonchev–Trinajstić information content (AvgIpc) is 2.58. The summed E-state index contributed by atoms with van der Waals surface area (Å²) in [7, 11) is 0. The molecule has 0 aromatic heterocycles. The molecule has 0 aliphatic rings. The normalized spacial score (nSPS) is 10.7. The van der Waals surface area contributed by atoms with Gasteiger partial charge in [0.05, 0.1) is 6.61 Å². The topological polar surface area (TPSA) is 9.23 Å². The van der Waals surface area contributed by atoms with Crippen molar-refractivity contribution in [3.05, 3.63) is 42.5 Å². The van der Waals surface area contributed by atoms with Crippen molar-refractivity contribution >= 4 is 0 Å². The van der Waals surface area contributed by atoms with Crippen LogP contribution in [0.25, 0.3) is 0 Å². The number of unbranched alkanes of at least 4 members (excludes halogenated alkanes) is 9. The minimum absolute atomic E-state index is 0.724. The molecular weight excluding hydrogens is 280 g/mol. The molecule has 1 heteroatoms. The average molecular weight is 317 g/mol. The Balaban J connectivity index is 1.97. The second kappa shape index (κ2) is 14.4. The maximum atomic E-state index is 5.64. The van der Waals surface area contributed by atoms with Crippen LogP contribution in [0.15, 0.2) is 36.9 Å². The third-order valence-electron chi connectivity index (χ3n) is 4.33. The standard InChI is InChI=1S/C22H36O/c1-3-5-7-8-9-10-11-12-13-14-15-21-16-18-22(19-17-21)23-20-6-4-2/h4,16-19H,2-3,5-15,20H2,1H3. The lowest BCUT2D eigenvalue weighted by atomic mass is 10.0. The van der Waals surface area contributed by atoms with Crippen molar-refractivity contribution in [3.8, 4) is 5.75 Å². The van der Waals surface area contributed by atoms with Gasteiger partial charge in [-0.05, 0) is 37.0 Å². The first-order valence-electron chi connectivity index (χ1n) is 9.69. The predicted molar refractivity (Wildman–Crippen MR) is 102 cm³/mol. The Labute approximate surface area is 144 Å². The lowest BCUT2D eigenvalue weighted by Crippen LogP contribution is -1.95. The predicted octanol–water partition coefficient (Wildman–Crippen LogP) is 7.10. The monoisotopic (exact) mass is 316 g/mol. The largest absolute Gasteiger partial charge is 0.493 e. The van der Waals surface area contributed by atoms with Crippen molar-refractivity contribution in [2.75, 3.05) is 6.61 Å². The highest BCUT2D eigenvalue weighted by molar-refractivity contribution is 5.27. The molecule has 0 amide bonds. The Morgan fingerprint density at radius 2 is 1.39 bits per heavy atom. The highest BCUT2D eigenvalue weighted by atomic mass is 16.5. The summed E-state index contributed by atoms with van der Waals surface area (Å²) in [4.78, 5) is 0. The van der Waals surface area contributed by atoms with Gasteiger partial charge in [0.1, 0.15) is 5.75 Å². The number of hydrogen-bond donors (Lipinski definition) is 0. The molecular formula is C22H36O. The van der Waals surface area contributed by atoms with E-state index in [9.17, 15) is 0 Å². The summed E-state index contributed by atoms with van der Waals surface area (Å²) in [6.07, 6.45) is 18.0. The van der Waals surface area contributed by atoms with Gasteiger partial charge in [0.2, 0.25) is 0 Å². The molecule has 0 spiro atoms. The molecule has 0 unspecified atom stereocenters. The molecule has 23 heavy (non-hydrogen) atoms. The number of rotatable bonds is 15. The van der Waals surface area contributed by atoms with Crippen molar-refractivity contribution in [1.29, 1.82) is 0 Å². The number of hydrogen-bond acceptors (Lipinski definition) is 1. The van der Waals surface area contributed by atoms with Crippen LogP contribution >= 0.6 is 0 Å².